The monoisotopic (exact) mass is 308 g/mol. The summed E-state index contributed by atoms with van der Waals surface area (Å²) in [5, 5.41) is 2.65. The van der Waals surface area contributed by atoms with Crippen molar-refractivity contribution in [2.45, 2.75) is 19.4 Å². The summed E-state index contributed by atoms with van der Waals surface area (Å²) in [7, 11) is 0. The normalized spacial score (nSPS) is 19.1. The Bertz CT molecular complexity index is 523. The summed E-state index contributed by atoms with van der Waals surface area (Å²) in [6.45, 7) is 3.37. The zero-order valence-corrected chi connectivity index (χ0v) is 11.7. The van der Waals surface area contributed by atoms with Crippen LogP contribution in [0.25, 0.3) is 5.70 Å². The maximum absolute atomic E-state index is 12.2. The predicted octanol–water partition coefficient (Wildman–Crippen LogP) is 2.71. The van der Waals surface area contributed by atoms with Gasteiger partial charge in [0.15, 0.2) is 0 Å². The molecule has 0 radical (unpaired) electrons. The van der Waals surface area contributed by atoms with Crippen molar-refractivity contribution in [3.05, 3.63) is 40.9 Å². The molecular weight excluding hydrogens is 296 g/mol. The minimum Gasteiger partial charge on any atom is -0.323 e. The maximum Gasteiger partial charge on any atom is 0.329 e. The van der Waals surface area contributed by atoms with Crippen molar-refractivity contribution in [1.82, 2.24) is 10.2 Å². The van der Waals surface area contributed by atoms with Gasteiger partial charge in [0.25, 0.3) is 5.91 Å². The number of benzene rings is 1. The average Bonchev–Trinajstić information content (AvgIpc) is 2.54. The minimum atomic E-state index is -0.868. The van der Waals surface area contributed by atoms with Gasteiger partial charge in [-0.05, 0) is 19.4 Å². The van der Waals surface area contributed by atoms with Crippen molar-refractivity contribution in [3.63, 3.8) is 0 Å². The first-order valence-electron chi connectivity index (χ1n) is 5.50. The van der Waals surface area contributed by atoms with Gasteiger partial charge in [0, 0.05) is 4.99 Å². The van der Waals surface area contributed by atoms with Gasteiger partial charge in [0.2, 0.25) is 0 Å². The van der Waals surface area contributed by atoms with Crippen molar-refractivity contribution in [3.8, 4) is 0 Å². The number of hydrogen-bond acceptors (Lipinski definition) is 2. The van der Waals surface area contributed by atoms with Crippen LogP contribution in [0.5, 0.6) is 0 Å². The number of hydrogen-bond donors (Lipinski definition) is 1. The van der Waals surface area contributed by atoms with Gasteiger partial charge >= 0.3 is 6.03 Å². The summed E-state index contributed by atoms with van der Waals surface area (Å²) in [4.78, 5) is 26.8. The van der Waals surface area contributed by atoms with E-state index in [-0.39, 0.29) is 5.91 Å². The summed E-state index contributed by atoms with van der Waals surface area (Å²) in [5.41, 5.74) is 0.465. The SMILES string of the molecule is CC1(C)NC(=O)N(/C(=C\Br)c2ccccc2)C1=O. The molecule has 1 N–H and O–H groups in total. The van der Waals surface area contributed by atoms with E-state index < -0.39 is 11.6 Å². The summed E-state index contributed by atoms with van der Waals surface area (Å²) >= 11 is 3.22. The van der Waals surface area contributed by atoms with Crippen LogP contribution in [0.1, 0.15) is 19.4 Å². The largest absolute Gasteiger partial charge is 0.329 e. The number of halogens is 1. The fourth-order valence-electron chi connectivity index (χ4n) is 1.82. The number of urea groups is 1. The van der Waals surface area contributed by atoms with E-state index in [9.17, 15) is 9.59 Å². The molecule has 2 rings (SSSR count). The van der Waals surface area contributed by atoms with E-state index in [4.69, 9.17) is 0 Å². The third kappa shape index (κ3) is 2.06. The number of amides is 3. The van der Waals surface area contributed by atoms with Gasteiger partial charge < -0.3 is 5.32 Å². The zero-order chi connectivity index (χ0) is 13.3. The van der Waals surface area contributed by atoms with Crippen molar-refractivity contribution in [1.29, 1.82) is 0 Å². The van der Waals surface area contributed by atoms with Gasteiger partial charge in [-0.15, -0.1) is 0 Å². The summed E-state index contributed by atoms with van der Waals surface area (Å²) < 4.78 is 0. The number of imide groups is 1. The summed E-state index contributed by atoms with van der Waals surface area (Å²) in [6.07, 6.45) is 0. The van der Waals surface area contributed by atoms with Crippen LogP contribution in [0.15, 0.2) is 35.3 Å². The second-order valence-electron chi connectivity index (χ2n) is 4.56. The third-order valence-electron chi connectivity index (χ3n) is 2.77. The van der Waals surface area contributed by atoms with E-state index in [1.165, 1.54) is 0 Å². The van der Waals surface area contributed by atoms with Crippen LogP contribution >= 0.6 is 15.9 Å². The first-order valence-corrected chi connectivity index (χ1v) is 6.41. The van der Waals surface area contributed by atoms with Gasteiger partial charge in [-0.1, -0.05) is 46.3 Å². The average molecular weight is 309 g/mol. The topological polar surface area (TPSA) is 49.4 Å². The molecule has 94 valence electrons. The van der Waals surface area contributed by atoms with E-state index in [1.807, 2.05) is 30.3 Å². The van der Waals surface area contributed by atoms with Crippen molar-refractivity contribution in [2.75, 3.05) is 0 Å². The molecule has 1 aromatic carbocycles. The highest BCUT2D eigenvalue weighted by Gasteiger charge is 2.45. The minimum absolute atomic E-state index is 0.262. The molecule has 0 bridgehead atoms. The quantitative estimate of drug-likeness (QED) is 0.854. The second-order valence-corrected chi connectivity index (χ2v) is 5.01. The molecule has 0 unspecified atom stereocenters. The smallest absolute Gasteiger partial charge is 0.323 e. The number of carbonyl (C=O) groups is 2. The number of carbonyl (C=O) groups excluding carboxylic acids is 2. The lowest BCUT2D eigenvalue weighted by atomic mass is 10.1. The van der Waals surface area contributed by atoms with E-state index in [1.54, 1.807) is 18.8 Å². The first-order chi connectivity index (χ1) is 8.47. The fraction of sp³-hybridized carbons (Fsp3) is 0.231. The molecule has 0 saturated carbocycles. The van der Waals surface area contributed by atoms with E-state index >= 15 is 0 Å². The number of nitrogens with one attached hydrogen (secondary N) is 1. The first kappa shape index (κ1) is 12.8. The molecule has 4 nitrogen and oxygen atoms in total. The Morgan fingerprint density at radius 1 is 1.28 bits per heavy atom. The van der Waals surface area contributed by atoms with Crippen LogP contribution < -0.4 is 5.32 Å². The predicted molar refractivity (Wildman–Crippen MR) is 72.8 cm³/mol. The Morgan fingerprint density at radius 2 is 1.89 bits per heavy atom. The summed E-state index contributed by atoms with van der Waals surface area (Å²) in [6, 6.07) is 8.88. The molecule has 1 saturated heterocycles. The van der Waals surface area contributed by atoms with Crippen molar-refractivity contribution < 1.29 is 9.59 Å². The van der Waals surface area contributed by atoms with E-state index in [0.717, 1.165) is 10.5 Å². The lowest BCUT2D eigenvalue weighted by Gasteiger charge is -2.18. The van der Waals surface area contributed by atoms with Crippen LogP contribution in [0.4, 0.5) is 4.79 Å². The van der Waals surface area contributed by atoms with Crippen LogP contribution in [0.3, 0.4) is 0 Å². The molecule has 0 spiro atoms. The zero-order valence-electron chi connectivity index (χ0n) is 10.1. The highest BCUT2D eigenvalue weighted by Crippen LogP contribution is 2.28. The molecule has 18 heavy (non-hydrogen) atoms. The molecule has 1 aliphatic rings. The number of nitrogens with zero attached hydrogens (tertiary/aromatic N) is 1. The molecule has 0 aromatic heterocycles. The Hall–Kier alpha value is -1.62. The lowest BCUT2D eigenvalue weighted by molar-refractivity contribution is -0.127. The molecule has 1 aliphatic heterocycles. The molecule has 0 aliphatic carbocycles. The summed E-state index contributed by atoms with van der Waals surface area (Å²) in [5.74, 6) is -0.262. The number of rotatable bonds is 2. The fourth-order valence-corrected chi connectivity index (χ4v) is 2.29. The molecule has 0 atom stereocenters. The molecule has 1 fully saturated rings. The van der Waals surface area contributed by atoms with Crippen LogP contribution in [-0.2, 0) is 4.79 Å². The highest BCUT2D eigenvalue weighted by atomic mass is 79.9. The second kappa shape index (κ2) is 4.57. The standard InChI is InChI=1S/C13H13BrN2O2/c1-13(2)11(17)16(12(18)15-13)10(8-14)9-6-4-3-5-7-9/h3-8H,1-2H3,(H,15,18)/b10-8-. The van der Waals surface area contributed by atoms with Gasteiger partial charge in [0.1, 0.15) is 5.54 Å². The molecule has 1 aromatic rings. The Kier molecular flexibility index (Phi) is 3.26. The Morgan fingerprint density at radius 3 is 2.33 bits per heavy atom. The van der Waals surface area contributed by atoms with Gasteiger partial charge in [-0.2, -0.15) is 0 Å². The lowest BCUT2D eigenvalue weighted by Crippen LogP contribution is -2.40. The van der Waals surface area contributed by atoms with E-state index in [0.29, 0.717) is 5.70 Å². The Balaban J connectivity index is 2.42. The molecular formula is C13H13BrN2O2. The van der Waals surface area contributed by atoms with Crippen LogP contribution in [0, 0.1) is 0 Å². The molecule has 1 heterocycles. The van der Waals surface area contributed by atoms with E-state index in [2.05, 4.69) is 21.2 Å². The van der Waals surface area contributed by atoms with Gasteiger partial charge in [-0.25, -0.2) is 9.69 Å². The highest BCUT2D eigenvalue weighted by molar-refractivity contribution is 9.11. The van der Waals surface area contributed by atoms with Gasteiger partial charge in [0.05, 0.1) is 5.70 Å². The Labute approximate surface area is 114 Å². The van der Waals surface area contributed by atoms with Gasteiger partial charge in [-0.3, -0.25) is 4.79 Å². The van der Waals surface area contributed by atoms with Crippen molar-refractivity contribution in [2.24, 2.45) is 0 Å². The maximum atomic E-state index is 12.2. The molecule has 5 heteroatoms. The van der Waals surface area contributed by atoms with Crippen LogP contribution in [-0.4, -0.2) is 22.4 Å². The molecule has 3 amide bonds. The third-order valence-corrected chi connectivity index (χ3v) is 3.21. The van der Waals surface area contributed by atoms with Crippen LogP contribution in [0.2, 0.25) is 0 Å². The van der Waals surface area contributed by atoms with Crippen molar-refractivity contribution >= 4 is 33.6 Å².